The zero-order chi connectivity index (χ0) is 29.0. The van der Waals surface area contributed by atoms with E-state index in [0.29, 0.717) is 60.9 Å². The maximum Gasteiger partial charge on any atom is 0.338 e. The summed E-state index contributed by atoms with van der Waals surface area (Å²) < 4.78 is 25.9. The van der Waals surface area contributed by atoms with Crippen LogP contribution in [0.5, 0.6) is 17.2 Å². The van der Waals surface area contributed by atoms with Gasteiger partial charge in [-0.3, -0.25) is 9.36 Å². The molecule has 212 valence electrons. The van der Waals surface area contributed by atoms with Crippen LogP contribution in [-0.2, 0) is 9.53 Å². The number of hydrogen-bond donors (Lipinski definition) is 0. The van der Waals surface area contributed by atoms with Crippen molar-refractivity contribution in [3.63, 3.8) is 0 Å². The molecular weight excluding hydrogens is 664 g/mol. The fourth-order valence-corrected chi connectivity index (χ4v) is 6.57. The molecule has 0 amide bonds. The molecule has 1 aliphatic heterocycles. The van der Waals surface area contributed by atoms with Crippen LogP contribution in [-0.4, -0.2) is 38.0 Å². The van der Waals surface area contributed by atoms with Gasteiger partial charge >= 0.3 is 5.97 Å². The fraction of sp³-hybridized carbons (Fsp3) is 0.345. The number of aromatic nitrogens is 1. The van der Waals surface area contributed by atoms with Crippen molar-refractivity contribution in [3.8, 4) is 17.2 Å². The number of thiazole rings is 1. The minimum atomic E-state index is -0.784. The third-order valence-electron chi connectivity index (χ3n) is 6.22. The van der Waals surface area contributed by atoms with E-state index in [4.69, 9.17) is 23.9 Å². The average Bonchev–Trinajstić information content (AvgIpc) is 3.23. The highest BCUT2D eigenvalue weighted by atomic mass is 79.9. The second-order valence-electron chi connectivity index (χ2n) is 8.77. The van der Waals surface area contributed by atoms with Crippen LogP contribution in [0.4, 0.5) is 0 Å². The van der Waals surface area contributed by atoms with Crippen molar-refractivity contribution in [3.05, 3.63) is 81.4 Å². The Kier molecular flexibility index (Phi) is 9.91. The molecule has 0 aliphatic carbocycles. The lowest BCUT2D eigenvalue weighted by atomic mass is 9.93. The smallest absolute Gasteiger partial charge is 0.338 e. The molecule has 0 spiro atoms. The first kappa shape index (κ1) is 30.1. The molecule has 0 bridgehead atoms. The van der Waals surface area contributed by atoms with E-state index >= 15 is 0 Å². The Labute approximate surface area is 253 Å². The summed E-state index contributed by atoms with van der Waals surface area (Å²) in [6.07, 6.45) is 3.10. The van der Waals surface area contributed by atoms with Gasteiger partial charge in [0.2, 0.25) is 0 Å². The van der Waals surface area contributed by atoms with Crippen molar-refractivity contribution in [1.82, 2.24) is 4.57 Å². The van der Waals surface area contributed by atoms with Gasteiger partial charge in [0, 0.05) is 10.0 Å². The van der Waals surface area contributed by atoms with Crippen LogP contribution in [0.1, 0.15) is 50.8 Å². The Hall–Kier alpha value is -2.89. The lowest BCUT2D eigenvalue weighted by Crippen LogP contribution is -2.40. The normalized spacial score (nSPS) is 15.0. The van der Waals surface area contributed by atoms with Gasteiger partial charge < -0.3 is 18.9 Å². The number of allylic oxidation sites excluding steroid dienone is 1. The largest absolute Gasteiger partial charge is 0.496 e. The minimum Gasteiger partial charge on any atom is -0.496 e. The second-order valence-corrected chi connectivity index (χ2v) is 11.5. The zero-order valence-electron chi connectivity index (χ0n) is 22.9. The summed E-state index contributed by atoms with van der Waals surface area (Å²) in [6.45, 7) is 6.35. The lowest BCUT2D eigenvalue weighted by Gasteiger charge is -2.27. The number of benzene rings is 2. The van der Waals surface area contributed by atoms with Gasteiger partial charge in [0.1, 0.15) is 11.8 Å². The van der Waals surface area contributed by atoms with E-state index in [0.717, 1.165) is 16.5 Å². The highest BCUT2D eigenvalue weighted by molar-refractivity contribution is 9.10. The van der Waals surface area contributed by atoms with Crippen LogP contribution in [0.15, 0.2) is 60.3 Å². The Morgan fingerprint density at radius 2 is 1.82 bits per heavy atom. The first-order valence-electron chi connectivity index (χ1n) is 12.8. The Morgan fingerprint density at radius 1 is 1.07 bits per heavy atom. The molecule has 1 atom stereocenters. The highest BCUT2D eigenvalue weighted by Crippen LogP contribution is 2.39. The number of halogens is 2. The summed E-state index contributed by atoms with van der Waals surface area (Å²) in [7, 11) is 3.13. The second kappa shape index (κ2) is 13.2. The van der Waals surface area contributed by atoms with E-state index in [-0.39, 0.29) is 12.2 Å². The first-order chi connectivity index (χ1) is 19.3. The van der Waals surface area contributed by atoms with Gasteiger partial charge in [0.05, 0.1) is 47.7 Å². The number of nitrogens with zero attached hydrogens (tertiary/aromatic N) is 2. The molecule has 1 aliphatic rings. The summed E-state index contributed by atoms with van der Waals surface area (Å²) in [5.74, 6) is 1.18. The maximum absolute atomic E-state index is 14.1. The lowest BCUT2D eigenvalue weighted by molar-refractivity contribution is -0.139. The fourth-order valence-electron chi connectivity index (χ4n) is 4.59. The molecule has 11 heteroatoms. The Balaban J connectivity index is 2.02. The highest BCUT2D eigenvalue weighted by Gasteiger charge is 2.36. The quantitative estimate of drug-likeness (QED) is 0.260. The Morgan fingerprint density at radius 3 is 2.48 bits per heavy atom. The van der Waals surface area contributed by atoms with Crippen LogP contribution >= 0.6 is 43.2 Å². The molecule has 0 N–H and O–H groups in total. The summed E-state index contributed by atoms with van der Waals surface area (Å²) in [4.78, 5) is 32.8. The standard InChI is InChI=1S/C29H30Br2N2O6S/c1-6-9-20-24(28(35)39-8-3)25(18-15-17(30)10-11-21(18)36-4)33-27(34)23(40-29(33)32-20)14-16-12-19(31)26(38-7-2)22(13-16)37-5/h10-15,25H,6-9H2,1-5H3/b23-14+/t25-/m0/s1. The van der Waals surface area contributed by atoms with Gasteiger partial charge in [-0.15, -0.1) is 0 Å². The van der Waals surface area contributed by atoms with Gasteiger partial charge in [-0.25, -0.2) is 9.79 Å². The number of fused-ring (bicyclic) bond motifs is 1. The molecule has 2 heterocycles. The van der Waals surface area contributed by atoms with Gasteiger partial charge in [0.15, 0.2) is 16.3 Å². The number of rotatable bonds is 10. The van der Waals surface area contributed by atoms with Crippen molar-refractivity contribution in [2.24, 2.45) is 4.99 Å². The third-order valence-corrected chi connectivity index (χ3v) is 8.28. The number of methoxy groups -OCH3 is 2. The van der Waals surface area contributed by atoms with E-state index in [1.54, 1.807) is 37.9 Å². The molecular formula is C29H30Br2N2O6S. The van der Waals surface area contributed by atoms with Gasteiger partial charge in [-0.05, 0) is 78.2 Å². The topological polar surface area (TPSA) is 88.4 Å². The van der Waals surface area contributed by atoms with E-state index < -0.39 is 12.0 Å². The molecule has 3 aromatic rings. The molecule has 1 aromatic heterocycles. The minimum absolute atomic E-state index is 0.197. The Bertz CT molecular complexity index is 1640. The molecule has 0 fully saturated rings. The molecule has 4 rings (SSSR count). The summed E-state index contributed by atoms with van der Waals surface area (Å²) >= 11 is 8.36. The van der Waals surface area contributed by atoms with Crippen LogP contribution in [0.2, 0.25) is 0 Å². The molecule has 0 saturated carbocycles. The number of hydrogen-bond acceptors (Lipinski definition) is 8. The van der Waals surface area contributed by atoms with Crippen molar-refractivity contribution >= 4 is 55.2 Å². The van der Waals surface area contributed by atoms with Crippen molar-refractivity contribution in [1.29, 1.82) is 0 Å². The van der Waals surface area contributed by atoms with E-state index in [2.05, 4.69) is 31.9 Å². The van der Waals surface area contributed by atoms with Crippen LogP contribution in [0, 0.1) is 0 Å². The molecule has 2 aromatic carbocycles. The van der Waals surface area contributed by atoms with Crippen molar-refractivity contribution < 1.29 is 23.7 Å². The van der Waals surface area contributed by atoms with E-state index in [1.807, 2.05) is 38.1 Å². The maximum atomic E-state index is 14.1. The average molecular weight is 694 g/mol. The number of carbonyl (C=O) groups excluding carboxylic acids is 1. The SMILES string of the molecule is CCCC1=C(C(=O)OCC)[C@H](c2cc(Br)ccc2OC)n2c(s/c(=C/c3cc(Br)c(OCC)c(OC)c3)c2=O)=N1. The van der Waals surface area contributed by atoms with Gasteiger partial charge in [-0.1, -0.05) is 40.6 Å². The van der Waals surface area contributed by atoms with Crippen molar-refractivity contribution in [2.75, 3.05) is 27.4 Å². The van der Waals surface area contributed by atoms with E-state index in [9.17, 15) is 9.59 Å². The number of carbonyl (C=O) groups is 1. The zero-order valence-corrected chi connectivity index (χ0v) is 26.9. The molecule has 0 unspecified atom stereocenters. The summed E-state index contributed by atoms with van der Waals surface area (Å²) in [5.41, 5.74) is 2.06. The number of esters is 1. The van der Waals surface area contributed by atoms with Gasteiger partial charge in [-0.2, -0.15) is 0 Å². The van der Waals surface area contributed by atoms with Crippen LogP contribution in [0.25, 0.3) is 6.08 Å². The molecule has 40 heavy (non-hydrogen) atoms. The number of ether oxygens (including phenoxy) is 4. The molecule has 8 nitrogen and oxygen atoms in total. The molecule has 0 saturated heterocycles. The summed E-state index contributed by atoms with van der Waals surface area (Å²) in [5, 5.41) is 0. The van der Waals surface area contributed by atoms with E-state index in [1.165, 1.54) is 11.3 Å². The van der Waals surface area contributed by atoms with Crippen LogP contribution in [0.3, 0.4) is 0 Å². The van der Waals surface area contributed by atoms with Gasteiger partial charge in [0.25, 0.3) is 5.56 Å². The third kappa shape index (κ3) is 5.91. The van der Waals surface area contributed by atoms with Crippen molar-refractivity contribution in [2.45, 2.75) is 39.7 Å². The molecule has 0 radical (unpaired) electrons. The predicted octanol–water partition coefficient (Wildman–Crippen LogP) is 5.52. The summed E-state index contributed by atoms with van der Waals surface area (Å²) in [6, 6.07) is 8.42. The first-order valence-corrected chi connectivity index (χ1v) is 15.2. The van der Waals surface area contributed by atoms with Crippen LogP contribution < -0.4 is 29.1 Å². The predicted molar refractivity (Wildman–Crippen MR) is 162 cm³/mol. The monoisotopic (exact) mass is 692 g/mol.